The molecule has 2 heteroatoms. The lowest BCUT2D eigenvalue weighted by Crippen LogP contribution is -2.39. The van der Waals surface area contributed by atoms with Crippen LogP contribution in [0, 0.1) is 5.41 Å². The third-order valence-corrected chi connectivity index (χ3v) is 1.89. The van der Waals surface area contributed by atoms with Crippen LogP contribution in [0.4, 0.5) is 0 Å². The second-order valence-electron chi connectivity index (χ2n) is 4.11. The Morgan fingerprint density at radius 2 is 1.91 bits per heavy atom. The molecule has 0 aliphatic heterocycles. The van der Waals surface area contributed by atoms with E-state index in [-0.39, 0.29) is 11.2 Å². The summed E-state index contributed by atoms with van der Waals surface area (Å²) in [6.07, 6.45) is 0.625. The first-order valence-electron chi connectivity index (χ1n) is 4.04. The molecule has 0 saturated heterocycles. The zero-order valence-electron chi connectivity index (χ0n) is 8.19. The Hall–Kier alpha value is -0.370. The minimum absolute atomic E-state index is 0.167. The zero-order chi connectivity index (χ0) is 9.07. The molecule has 1 unspecified atom stereocenters. The fourth-order valence-corrected chi connectivity index (χ4v) is 1.13. The first-order valence-corrected chi connectivity index (χ1v) is 4.04. The molecule has 1 N–H and O–H groups in total. The van der Waals surface area contributed by atoms with Gasteiger partial charge in [-0.05, 0) is 19.4 Å². The van der Waals surface area contributed by atoms with Gasteiger partial charge < -0.3 is 5.32 Å². The smallest absolute Gasteiger partial charge is 0.131 e. The summed E-state index contributed by atoms with van der Waals surface area (Å²) < 4.78 is 0. The third-order valence-electron chi connectivity index (χ3n) is 1.89. The van der Waals surface area contributed by atoms with Crippen LogP contribution in [0.25, 0.3) is 0 Å². The number of carbonyl (C=O) groups excluding carboxylic acids is 1. The normalized spacial score (nSPS) is 14.6. The van der Waals surface area contributed by atoms with Crippen molar-refractivity contribution >= 4 is 5.78 Å². The summed E-state index contributed by atoms with van der Waals surface area (Å²) in [5.41, 5.74) is 0.167. The van der Waals surface area contributed by atoms with Crippen molar-refractivity contribution in [2.24, 2.45) is 5.41 Å². The van der Waals surface area contributed by atoms with Gasteiger partial charge in [-0.3, -0.25) is 4.79 Å². The summed E-state index contributed by atoms with van der Waals surface area (Å²) in [6, 6.07) is 0.292. The topological polar surface area (TPSA) is 29.1 Å². The fraction of sp³-hybridized carbons (Fsp3) is 0.889. The van der Waals surface area contributed by atoms with Crippen molar-refractivity contribution in [1.29, 1.82) is 0 Å². The van der Waals surface area contributed by atoms with Gasteiger partial charge >= 0.3 is 0 Å². The number of carbonyl (C=O) groups is 1. The molecule has 66 valence electrons. The summed E-state index contributed by atoms with van der Waals surface area (Å²) in [5.74, 6) is 0.249. The van der Waals surface area contributed by atoms with Gasteiger partial charge in [-0.2, -0.15) is 0 Å². The fourth-order valence-electron chi connectivity index (χ4n) is 1.13. The second kappa shape index (κ2) is 3.86. The Kier molecular flexibility index (Phi) is 3.73. The molecule has 0 aliphatic carbocycles. The van der Waals surface area contributed by atoms with Crippen LogP contribution < -0.4 is 5.32 Å². The molecule has 0 amide bonds. The highest BCUT2D eigenvalue weighted by molar-refractivity contribution is 5.76. The quantitative estimate of drug-likeness (QED) is 0.674. The van der Waals surface area contributed by atoms with E-state index in [1.807, 2.05) is 7.05 Å². The zero-order valence-corrected chi connectivity index (χ0v) is 8.19. The van der Waals surface area contributed by atoms with Crippen molar-refractivity contribution in [3.63, 3.8) is 0 Å². The molecule has 0 aliphatic rings. The van der Waals surface area contributed by atoms with E-state index in [1.165, 1.54) is 0 Å². The summed E-state index contributed by atoms with van der Waals surface area (Å²) in [7, 11) is 1.90. The summed E-state index contributed by atoms with van der Waals surface area (Å²) in [6.45, 7) is 8.04. The van der Waals surface area contributed by atoms with E-state index in [9.17, 15) is 4.79 Å². The molecule has 11 heavy (non-hydrogen) atoms. The average molecular weight is 157 g/mol. The molecule has 0 rings (SSSR count). The molecule has 0 aromatic heterocycles. The van der Waals surface area contributed by atoms with Crippen molar-refractivity contribution in [3.8, 4) is 0 Å². The largest absolute Gasteiger partial charge is 0.316 e. The van der Waals surface area contributed by atoms with Crippen molar-refractivity contribution in [1.82, 2.24) is 5.32 Å². The first-order chi connectivity index (χ1) is 4.88. The average Bonchev–Trinajstić information content (AvgIpc) is 1.79. The van der Waals surface area contributed by atoms with Crippen LogP contribution in [0.2, 0.25) is 0 Å². The van der Waals surface area contributed by atoms with E-state index >= 15 is 0 Å². The minimum atomic E-state index is 0.167. The van der Waals surface area contributed by atoms with Gasteiger partial charge in [0.05, 0.1) is 0 Å². The highest BCUT2D eigenvalue weighted by Crippen LogP contribution is 2.21. The predicted octanol–water partition coefficient (Wildman–Crippen LogP) is 1.60. The minimum Gasteiger partial charge on any atom is -0.316 e. The molecule has 0 bridgehead atoms. The highest BCUT2D eigenvalue weighted by atomic mass is 16.1. The molecular weight excluding hydrogens is 138 g/mol. The van der Waals surface area contributed by atoms with E-state index in [4.69, 9.17) is 0 Å². The van der Waals surface area contributed by atoms with Crippen LogP contribution in [-0.2, 0) is 4.79 Å². The Balaban J connectivity index is 4.07. The van der Waals surface area contributed by atoms with Crippen LogP contribution in [0.3, 0.4) is 0 Å². The van der Waals surface area contributed by atoms with E-state index < -0.39 is 0 Å². The van der Waals surface area contributed by atoms with Crippen molar-refractivity contribution < 1.29 is 4.79 Å². The van der Waals surface area contributed by atoms with Gasteiger partial charge in [-0.15, -0.1) is 0 Å². The number of nitrogens with one attached hydrogen (secondary N) is 1. The third kappa shape index (κ3) is 4.14. The van der Waals surface area contributed by atoms with Crippen LogP contribution in [0.1, 0.15) is 34.1 Å². The summed E-state index contributed by atoms with van der Waals surface area (Å²) in [4.78, 5) is 10.8. The van der Waals surface area contributed by atoms with Gasteiger partial charge in [0.25, 0.3) is 0 Å². The highest BCUT2D eigenvalue weighted by Gasteiger charge is 2.23. The molecule has 0 spiro atoms. The molecule has 0 radical (unpaired) electrons. The Morgan fingerprint density at radius 1 is 1.45 bits per heavy atom. The van der Waals surface area contributed by atoms with Gasteiger partial charge in [-0.1, -0.05) is 20.8 Å². The molecule has 0 heterocycles. The molecule has 0 aromatic carbocycles. The standard InChI is InChI=1S/C9H19NO/c1-7(11)6-8(10-5)9(2,3)4/h8,10H,6H2,1-5H3. The Morgan fingerprint density at radius 3 is 2.00 bits per heavy atom. The predicted molar refractivity (Wildman–Crippen MR) is 47.6 cm³/mol. The van der Waals surface area contributed by atoms with E-state index in [2.05, 4.69) is 26.1 Å². The maximum absolute atomic E-state index is 10.8. The number of hydrogen-bond donors (Lipinski definition) is 1. The summed E-state index contributed by atoms with van der Waals surface area (Å²) in [5, 5.41) is 3.15. The maximum atomic E-state index is 10.8. The van der Waals surface area contributed by atoms with Crippen LogP contribution in [0.5, 0.6) is 0 Å². The number of rotatable bonds is 3. The molecule has 2 nitrogen and oxygen atoms in total. The molecule has 1 atom stereocenters. The van der Waals surface area contributed by atoms with Crippen LogP contribution >= 0.6 is 0 Å². The van der Waals surface area contributed by atoms with Crippen molar-refractivity contribution in [2.75, 3.05) is 7.05 Å². The number of hydrogen-bond acceptors (Lipinski definition) is 2. The summed E-state index contributed by atoms with van der Waals surface area (Å²) >= 11 is 0. The molecular formula is C9H19NO. The number of Topliss-reactive ketones (excluding diaryl/α,β-unsaturated/α-hetero) is 1. The lowest BCUT2D eigenvalue weighted by molar-refractivity contribution is -0.118. The lowest BCUT2D eigenvalue weighted by Gasteiger charge is -2.29. The maximum Gasteiger partial charge on any atom is 0.131 e. The molecule has 0 aromatic rings. The Bertz CT molecular complexity index is 135. The van der Waals surface area contributed by atoms with E-state index in [0.29, 0.717) is 12.5 Å². The first kappa shape index (κ1) is 10.6. The van der Waals surface area contributed by atoms with Gasteiger partial charge in [0.15, 0.2) is 0 Å². The van der Waals surface area contributed by atoms with Crippen LogP contribution in [0.15, 0.2) is 0 Å². The monoisotopic (exact) mass is 157 g/mol. The second-order valence-corrected chi connectivity index (χ2v) is 4.11. The van der Waals surface area contributed by atoms with E-state index in [0.717, 1.165) is 0 Å². The SMILES string of the molecule is CNC(CC(C)=O)C(C)(C)C. The van der Waals surface area contributed by atoms with Gasteiger partial charge in [0, 0.05) is 12.5 Å². The van der Waals surface area contributed by atoms with Crippen LogP contribution in [-0.4, -0.2) is 18.9 Å². The number of ketones is 1. The van der Waals surface area contributed by atoms with Gasteiger partial charge in [0.2, 0.25) is 0 Å². The van der Waals surface area contributed by atoms with E-state index in [1.54, 1.807) is 6.92 Å². The van der Waals surface area contributed by atoms with Crippen molar-refractivity contribution in [3.05, 3.63) is 0 Å². The van der Waals surface area contributed by atoms with Gasteiger partial charge in [0.1, 0.15) is 5.78 Å². The van der Waals surface area contributed by atoms with Gasteiger partial charge in [-0.25, -0.2) is 0 Å². The Labute approximate surface area is 69.4 Å². The molecule has 0 fully saturated rings. The lowest BCUT2D eigenvalue weighted by atomic mass is 9.84. The van der Waals surface area contributed by atoms with Crippen molar-refractivity contribution in [2.45, 2.75) is 40.2 Å². The molecule has 0 saturated carbocycles.